The lowest BCUT2D eigenvalue weighted by atomic mass is 10.3. The van der Waals surface area contributed by atoms with Gasteiger partial charge < -0.3 is 0 Å². The molecule has 3 aromatic heterocycles. The molecule has 0 amide bonds. The number of hydrogen-bond acceptors (Lipinski definition) is 4. The maximum Gasteiger partial charge on any atom is 0.234 e. The quantitative estimate of drug-likeness (QED) is 0.674. The zero-order valence-electron chi connectivity index (χ0n) is 10.4. The number of aryl methyl sites for hydroxylation is 2. The Balaban J connectivity index is 2.04. The lowest BCUT2D eigenvalue weighted by molar-refractivity contribution is -0.693. The van der Waals surface area contributed by atoms with Crippen molar-refractivity contribution < 1.29 is 4.57 Å². The SMILES string of the molecule is CCc1nnc2sc(-c3cc[n+](CC)cc3)nn12. The maximum absolute atomic E-state index is 4.57. The average molecular weight is 260 g/mol. The highest BCUT2D eigenvalue weighted by molar-refractivity contribution is 7.19. The molecule has 0 radical (unpaired) electrons. The van der Waals surface area contributed by atoms with Crippen molar-refractivity contribution in [3.63, 3.8) is 0 Å². The topological polar surface area (TPSA) is 47.0 Å². The van der Waals surface area contributed by atoms with E-state index in [0.717, 1.165) is 34.3 Å². The van der Waals surface area contributed by atoms with Crippen LogP contribution in [0.2, 0.25) is 0 Å². The predicted octanol–water partition coefficient (Wildman–Crippen LogP) is 1.72. The Bertz CT molecular complexity index is 667. The molecule has 0 bridgehead atoms. The molecule has 0 aliphatic heterocycles. The van der Waals surface area contributed by atoms with Gasteiger partial charge in [-0.25, -0.2) is 4.57 Å². The first-order chi connectivity index (χ1) is 8.81. The second kappa shape index (κ2) is 4.45. The van der Waals surface area contributed by atoms with Crippen LogP contribution in [-0.4, -0.2) is 19.8 Å². The van der Waals surface area contributed by atoms with Crippen LogP contribution in [0.1, 0.15) is 19.7 Å². The molecule has 0 N–H and O–H groups in total. The Kier molecular flexibility index (Phi) is 2.79. The minimum atomic E-state index is 0.842. The van der Waals surface area contributed by atoms with Gasteiger partial charge in [-0.05, 0) is 6.92 Å². The molecule has 5 nitrogen and oxygen atoms in total. The summed E-state index contributed by atoms with van der Waals surface area (Å²) in [5, 5.41) is 13.8. The Morgan fingerprint density at radius 2 is 2.00 bits per heavy atom. The number of aromatic nitrogens is 5. The van der Waals surface area contributed by atoms with E-state index in [1.807, 2.05) is 4.52 Å². The van der Waals surface area contributed by atoms with Gasteiger partial charge in [-0.1, -0.05) is 18.3 Å². The third-order valence-corrected chi connectivity index (χ3v) is 3.82. The molecule has 0 fully saturated rings. The van der Waals surface area contributed by atoms with Crippen LogP contribution in [0.5, 0.6) is 0 Å². The van der Waals surface area contributed by atoms with E-state index in [2.05, 4.69) is 58.2 Å². The molecule has 0 unspecified atom stereocenters. The average Bonchev–Trinajstić information content (AvgIpc) is 2.98. The summed E-state index contributed by atoms with van der Waals surface area (Å²) >= 11 is 1.57. The van der Waals surface area contributed by atoms with Crippen molar-refractivity contribution in [3.05, 3.63) is 30.4 Å². The van der Waals surface area contributed by atoms with Gasteiger partial charge in [0.05, 0.1) is 0 Å². The molecule has 0 saturated heterocycles. The molecule has 3 aromatic rings. The minimum Gasteiger partial charge on any atom is -0.205 e. The van der Waals surface area contributed by atoms with Crippen LogP contribution in [-0.2, 0) is 13.0 Å². The van der Waals surface area contributed by atoms with Crippen LogP contribution in [0.25, 0.3) is 15.5 Å². The summed E-state index contributed by atoms with van der Waals surface area (Å²) in [5.41, 5.74) is 1.12. The van der Waals surface area contributed by atoms with Gasteiger partial charge in [0, 0.05) is 24.1 Å². The highest BCUT2D eigenvalue weighted by Gasteiger charge is 2.12. The zero-order valence-corrected chi connectivity index (χ0v) is 11.2. The third-order valence-electron chi connectivity index (χ3n) is 2.87. The van der Waals surface area contributed by atoms with E-state index in [1.54, 1.807) is 11.3 Å². The molecule has 0 saturated carbocycles. The van der Waals surface area contributed by atoms with E-state index in [0.29, 0.717) is 0 Å². The first kappa shape index (κ1) is 11.3. The first-order valence-corrected chi connectivity index (χ1v) is 6.84. The van der Waals surface area contributed by atoms with Crippen LogP contribution in [0.15, 0.2) is 24.5 Å². The molecule has 0 spiro atoms. The Hall–Kier alpha value is -1.82. The molecule has 0 aliphatic carbocycles. The molecule has 6 heteroatoms. The molecule has 0 atom stereocenters. The summed E-state index contributed by atoms with van der Waals surface area (Å²) in [4.78, 5) is 0.856. The fourth-order valence-corrected chi connectivity index (χ4v) is 2.67. The molecular weight excluding hydrogens is 246 g/mol. The second-order valence-corrected chi connectivity index (χ2v) is 4.94. The normalized spacial score (nSPS) is 11.2. The third kappa shape index (κ3) is 1.78. The number of fused-ring (bicyclic) bond motifs is 1. The highest BCUT2D eigenvalue weighted by atomic mass is 32.1. The van der Waals surface area contributed by atoms with Crippen LogP contribution in [0.3, 0.4) is 0 Å². The summed E-state index contributed by atoms with van der Waals surface area (Å²) in [6, 6.07) is 4.17. The molecule has 3 heterocycles. The molecule has 0 aromatic carbocycles. The number of nitrogens with zero attached hydrogens (tertiary/aromatic N) is 5. The van der Waals surface area contributed by atoms with E-state index in [-0.39, 0.29) is 0 Å². The van der Waals surface area contributed by atoms with Crippen molar-refractivity contribution in [3.8, 4) is 10.6 Å². The van der Waals surface area contributed by atoms with Gasteiger partial charge >= 0.3 is 0 Å². The van der Waals surface area contributed by atoms with Gasteiger partial charge in [0.15, 0.2) is 18.2 Å². The van der Waals surface area contributed by atoms with E-state index >= 15 is 0 Å². The fourth-order valence-electron chi connectivity index (χ4n) is 1.81. The smallest absolute Gasteiger partial charge is 0.205 e. The monoisotopic (exact) mass is 260 g/mol. The molecule has 18 heavy (non-hydrogen) atoms. The van der Waals surface area contributed by atoms with Crippen LogP contribution >= 0.6 is 11.3 Å². The largest absolute Gasteiger partial charge is 0.234 e. The molecule has 3 rings (SSSR count). The first-order valence-electron chi connectivity index (χ1n) is 6.02. The molecular formula is C12H14N5S+. The van der Waals surface area contributed by atoms with Crippen molar-refractivity contribution in [1.82, 2.24) is 19.8 Å². The lowest BCUT2D eigenvalue weighted by Crippen LogP contribution is -2.30. The highest BCUT2D eigenvalue weighted by Crippen LogP contribution is 2.24. The van der Waals surface area contributed by atoms with Crippen LogP contribution in [0.4, 0.5) is 0 Å². The Morgan fingerprint density at radius 1 is 1.22 bits per heavy atom. The van der Waals surface area contributed by atoms with Crippen molar-refractivity contribution in [2.45, 2.75) is 26.8 Å². The number of hydrogen-bond donors (Lipinski definition) is 0. The lowest BCUT2D eigenvalue weighted by Gasteiger charge is -1.94. The van der Waals surface area contributed by atoms with Gasteiger partial charge in [0.1, 0.15) is 11.6 Å². The van der Waals surface area contributed by atoms with Gasteiger partial charge in [-0.15, -0.1) is 10.2 Å². The number of pyridine rings is 1. The Morgan fingerprint density at radius 3 is 2.67 bits per heavy atom. The minimum absolute atomic E-state index is 0.842. The van der Waals surface area contributed by atoms with Crippen LogP contribution < -0.4 is 4.57 Å². The summed E-state index contributed by atoms with van der Waals surface area (Å²) in [5.74, 6) is 0.909. The van der Waals surface area contributed by atoms with Crippen molar-refractivity contribution >= 4 is 16.3 Å². The van der Waals surface area contributed by atoms with Crippen molar-refractivity contribution in [1.29, 1.82) is 0 Å². The summed E-state index contributed by atoms with van der Waals surface area (Å²) < 4.78 is 3.96. The summed E-state index contributed by atoms with van der Waals surface area (Å²) in [6.07, 6.45) is 4.98. The van der Waals surface area contributed by atoms with Gasteiger partial charge in [0.2, 0.25) is 4.96 Å². The van der Waals surface area contributed by atoms with Gasteiger partial charge in [0.25, 0.3) is 0 Å². The van der Waals surface area contributed by atoms with Crippen molar-refractivity contribution in [2.24, 2.45) is 0 Å². The van der Waals surface area contributed by atoms with Gasteiger partial charge in [-0.2, -0.15) is 9.61 Å². The van der Waals surface area contributed by atoms with Gasteiger partial charge in [-0.3, -0.25) is 0 Å². The fraction of sp³-hybridized carbons (Fsp3) is 0.333. The second-order valence-electron chi connectivity index (χ2n) is 3.99. The van der Waals surface area contributed by atoms with Crippen molar-refractivity contribution in [2.75, 3.05) is 0 Å². The molecule has 0 aliphatic rings. The predicted molar refractivity (Wildman–Crippen MR) is 69.3 cm³/mol. The standard InChI is InChI=1S/C12H14N5S/c1-3-10-13-14-12-17(10)15-11(18-12)9-5-7-16(4-2)8-6-9/h5-8H,3-4H2,1-2H3/q+1. The maximum atomic E-state index is 4.57. The molecule has 92 valence electrons. The van der Waals surface area contributed by atoms with E-state index in [4.69, 9.17) is 0 Å². The van der Waals surface area contributed by atoms with E-state index < -0.39 is 0 Å². The summed E-state index contributed by atoms with van der Waals surface area (Å²) in [7, 11) is 0. The van der Waals surface area contributed by atoms with E-state index in [9.17, 15) is 0 Å². The van der Waals surface area contributed by atoms with Crippen LogP contribution in [0, 0.1) is 0 Å². The number of rotatable bonds is 3. The zero-order chi connectivity index (χ0) is 12.5. The van der Waals surface area contributed by atoms with E-state index in [1.165, 1.54) is 0 Å². The summed E-state index contributed by atoms with van der Waals surface area (Å²) in [6.45, 7) is 5.16. The Labute approximate surface area is 109 Å².